The molecule has 0 aliphatic carbocycles. The predicted octanol–water partition coefficient (Wildman–Crippen LogP) is 2.48. The third kappa shape index (κ3) is 4.47. The summed E-state index contributed by atoms with van der Waals surface area (Å²) >= 11 is 0. The molecule has 0 aromatic heterocycles. The fourth-order valence-corrected chi connectivity index (χ4v) is 1.91. The smallest absolute Gasteiger partial charge is 0.362 e. The minimum atomic E-state index is -4.61. The molecule has 0 aliphatic rings. The molecule has 0 saturated heterocycles. The molecular formula is C14H17F3N2O2. The lowest BCUT2D eigenvalue weighted by Crippen LogP contribution is -2.36. The number of nitrogens with one attached hydrogen (secondary N) is 1. The number of likely N-dealkylation sites (N-methyl/N-ethyl adjacent to an activating group) is 1. The topological polar surface area (TPSA) is 49.4 Å². The van der Waals surface area contributed by atoms with Gasteiger partial charge in [-0.25, -0.2) is 0 Å². The molecule has 21 heavy (non-hydrogen) atoms. The van der Waals surface area contributed by atoms with Crippen molar-refractivity contribution in [3.8, 4) is 0 Å². The van der Waals surface area contributed by atoms with Crippen molar-refractivity contribution < 1.29 is 22.8 Å². The lowest BCUT2D eigenvalue weighted by atomic mass is 10.1. The van der Waals surface area contributed by atoms with Crippen LogP contribution in [0.4, 0.5) is 18.9 Å². The molecule has 0 atom stereocenters. The van der Waals surface area contributed by atoms with Crippen molar-refractivity contribution in [2.45, 2.75) is 19.5 Å². The minimum absolute atomic E-state index is 0.0396. The number of carbonyl (C=O) groups is 2. The molecular weight excluding hydrogens is 285 g/mol. The van der Waals surface area contributed by atoms with Crippen LogP contribution in [-0.2, 0) is 11.0 Å². The van der Waals surface area contributed by atoms with Crippen molar-refractivity contribution in [2.75, 3.05) is 25.0 Å². The van der Waals surface area contributed by atoms with Gasteiger partial charge in [0.15, 0.2) is 6.29 Å². The highest BCUT2D eigenvalue weighted by molar-refractivity contribution is 5.82. The van der Waals surface area contributed by atoms with Crippen LogP contribution in [0.3, 0.4) is 0 Å². The number of nitrogens with zero attached hydrogens (tertiary/aromatic N) is 1. The summed E-state index contributed by atoms with van der Waals surface area (Å²) in [7, 11) is 1.46. The van der Waals surface area contributed by atoms with E-state index in [1.807, 2.05) is 6.92 Å². The number of alkyl halides is 3. The summed E-state index contributed by atoms with van der Waals surface area (Å²) in [5, 5.41) is 2.43. The Morgan fingerprint density at radius 3 is 2.52 bits per heavy atom. The summed E-state index contributed by atoms with van der Waals surface area (Å²) in [6.45, 7) is 2.26. The number of anilines is 1. The van der Waals surface area contributed by atoms with E-state index < -0.39 is 17.3 Å². The average Bonchev–Trinajstić information content (AvgIpc) is 2.45. The fourth-order valence-electron chi connectivity index (χ4n) is 1.91. The number of hydrogen-bond acceptors (Lipinski definition) is 3. The van der Waals surface area contributed by atoms with Crippen molar-refractivity contribution in [1.29, 1.82) is 0 Å². The quantitative estimate of drug-likeness (QED) is 0.821. The van der Waals surface area contributed by atoms with Crippen LogP contribution in [0.5, 0.6) is 0 Å². The van der Waals surface area contributed by atoms with E-state index in [0.29, 0.717) is 13.0 Å². The molecule has 0 aliphatic heterocycles. The van der Waals surface area contributed by atoms with Gasteiger partial charge in [0.25, 0.3) is 0 Å². The monoisotopic (exact) mass is 302 g/mol. The van der Waals surface area contributed by atoms with Gasteiger partial charge in [0, 0.05) is 24.8 Å². The highest BCUT2D eigenvalue weighted by Crippen LogP contribution is 2.34. The van der Waals surface area contributed by atoms with Crippen LogP contribution in [0.2, 0.25) is 0 Å². The van der Waals surface area contributed by atoms with Gasteiger partial charge in [0.1, 0.15) is 0 Å². The lowest BCUT2D eigenvalue weighted by molar-refractivity contribution is -0.137. The van der Waals surface area contributed by atoms with Crippen LogP contribution in [0.15, 0.2) is 18.2 Å². The molecule has 1 amide bonds. The first kappa shape index (κ1) is 17.0. The van der Waals surface area contributed by atoms with Gasteiger partial charge in [-0.1, -0.05) is 6.92 Å². The lowest BCUT2D eigenvalue weighted by Gasteiger charge is -2.24. The van der Waals surface area contributed by atoms with Crippen LogP contribution >= 0.6 is 0 Å². The number of hydrogen-bond donors (Lipinski definition) is 1. The van der Waals surface area contributed by atoms with Crippen molar-refractivity contribution >= 4 is 17.9 Å². The Labute approximate surface area is 120 Å². The maximum absolute atomic E-state index is 12.9. The second-order valence-corrected chi connectivity index (χ2v) is 4.48. The molecule has 0 radical (unpaired) electrons. The van der Waals surface area contributed by atoms with Gasteiger partial charge >= 0.3 is 6.18 Å². The van der Waals surface area contributed by atoms with Gasteiger partial charge in [-0.3, -0.25) is 9.59 Å². The van der Waals surface area contributed by atoms with E-state index >= 15 is 0 Å². The normalized spacial score (nSPS) is 11.1. The molecule has 0 fully saturated rings. The fraction of sp³-hybridized carbons (Fsp3) is 0.429. The van der Waals surface area contributed by atoms with Crippen molar-refractivity contribution in [2.24, 2.45) is 0 Å². The first-order valence-corrected chi connectivity index (χ1v) is 6.45. The third-order valence-corrected chi connectivity index (χ3v) is 2.94. The molecule has 0 heterocycles. The van der Waals surface area contributed by atoms with Crippen molar-refractivity contribution in [1.82, 2.24) is 5.32 Å². The van der Waals surface area contributed by atoms with E-state index in [-0.39, 0.29) is 24.4 Å². The summed E-state index contributed by atoms with van der Waals surface area (Å²) in [6.07, 6.45) is -3.76. The second kappa shape index (κ2) is 7.10. The van der Waals surface area contributed by atoms with Gasteiger partial charge in [-0.15, -0.1) is 0 Å². The molecule has 1 N–H and O–H groups in total. The number of rotatable bonds is 6. The Hall–Kier alpha value is -2.05. The van der Waals surface area contributed by atoms with E-state index in [2.05, 4.69) is 5.32 Å². The van der Waals surface area contributed by atoms with E-state index in [4.69, 9.17) is 0 Å². The van der Waals surface area contributed by atoms with E-state index in [1.54, 1.807) is 4.90 Å². The minimum Gasteiger partial charge on any atom is -0.362 e. The van der Waals surface area contributed by atoms with Crippen LogP contribution in [0.25, 0.3) is 0 Å². The Kier molecular flexibility index (Phi) is 5.75. The molecule has 0 unspecified atom stereocenters. The molecule has 116 valence electrons. The molecule has 7 heteroatoms. The average molecular weight is 302 g/mol. The Balaban J connectivity index is 3.20. The predicted molar refractivity (Wildman–Crippen MR) is 73.4 cm³/mol. The summed E-state index contributed by atoms with van der Waals surface area (Å²) < 4.78 is 38.8. The summed E-state index contributed by atoms with van der Waals surface area (Å²) in [5.41, 5.74) is -1.14. The van der Waals surface area contributed by atoms with Crippen LogP contribution in [-0.4, -0.2) is 32.3 Å². The van der Waals surface area contributed by atoms with Crippen LogP contribution in [0, 0.1) is 0 Å². The van der Waals surface area contributed by atoms with Gasteiger partial charge in [0.2, 0.25) is 5.91 Å². The summed E-state index contributed by atoms with van der Waals surface area (Å²) in [6, 6.07) is 3.44. The maximum Gasteiger partial charge on any atom is 0.417 e. The van der Waals surface area contributed by atoms with E-state index in [9.17, 15) is 22.8 Å². The molecule has 1 aromatic carbocycles. The molecule has 1 rings (SSSR count). The van der Waals surface area contributed by atoms with E-state index in [1.165, 1.54) is 13.1 Å². The van der Waals surface area contributed by atoms with Gasteiger partial charge < -0.3 is 10.2 Å². The Morgan fingerprint density at radius 2 is 2.05 bits per heavy atom. The third-order valence-electron chi connectivity index (χ3n) is 2.94. The van der Waals surface area contributed by atoms with Crippen molar-refractivity contribution in [3.63, 3.8) is 0 Å². The first-order valence-electron chi connectivity index (χ1n) is 6.45. The zero-order valence-electron chi connectivity index (χ0n) is 11.8. The second-order valence-electron chi connectivity index (χ2n) is 4.48. The van der Waals surface area contributed by atoms with Gasteiger partial charge in [-0.05, 0) is 24.6 Å². The number of halogens is 3. The number of carbonyl (C=O) groups excluding carboxylic acids is 2. The van der Waals surface area contributed by atoms with Crippen LogP contribution in [0.1, 0.15) is 29.3 Å². The summed E-state index contributed by atoms with van der Waals surface area (Å²) in [5.74, 6) is -0.295. The van der Waals surface area contributed by atoms with Crippen LogP contribution < -0.4 is 10.2 Å². The standard InChI is InChI=1S/C14H17F3N2O2/c1-3-6-19(8-13(21)18-2)11-5-4-10(9-20)12(7-11)14(15,16)17/h4-5,7,9H,3,6,8H2,1-2H3,(H,18,21). The van der Waals surface area contributed by atoms with E-state index in [0.717, 1.165) is 12.1 Å². The van der Waals surface area contributed by atoms with Gasteiger partial charge in [-0.2, -0.15) is 13.2 Å². The summed E-state index contributed by atoms with van der Waals surface area (Å²) in [4.78, 5) is 23.7. The zero-order chi connectivity index (χ0) is 16.0. The molecule has 0 spiro atoms. The molecule has 0 saturated carbocycles. The highest BCUT2D eigenvalue weighted by Gasteiger charge is 2.34. The number of amides is 1. The molecule has 0 bridgehead atoms. The maximum atomic E-state index is 12.9. The Morgan fingerprint density at radius 1 is 1.38 bits per heavy atom. The van der Waals surface area contributed by atoms with Crippen molar-refractivity contribution in [3.05, 3.63) is 29.3 Å². The molecule has 1 aromatic rings. The molecule has 4 nitrogen and oxygen atoms in total. The Bertz CT molecular complexity index is 515. The SMILES string of the molecule is CCCN(CC(=O)NC)c1ccc(C=O)c(C(F)(F)F)c1. The largest absolute Gasteiger partial charge is 0.417 e. The number of benzene rings is 1. The zero-order valence-corrected chi connectivity index (χ0v) is 11.8. The number of aldehydes is 1. The van der Waals surface area contributed by atoms with Gasteiger partial charge in [0.05, 0.1) is 12.1 Å². The first-order chi connectivity index (χ1) is 9.83. The highest BCUT2D eigenvalue weighted by atomic mass is 19.4.